The first-order valence-electron chi connectivity index (χ1n) is 7.03. The Balaban J connectivity index is 2.22. The molecule has 0 aliphatic carbocycles. The molecule has 0 aliphatic rings. The zero-order chi connectivity index (χ0) is 16.3. The Morgan fingerprint density at radius 2 is 1.73 bits per heavy atom. The highest BCUT2D eigenvalue weighted by molar-refractivity contribution is 5.90. The third-order valence-corrected chi connectivity index (χ3v) is 3.69. The van der Waals surface area contributed by atoms with E-state index in [0.29, 0.717) is 0 Å². The smallest absolute Gasteiger partial charge is 0.325 e. The Labute approximate surface area is 128 Å². The maximum atomic E-state index is 12.1. The second-order valence-corrected chi connectivity index (χ2v) is 5.26. The van der Waals surface area contributed by atoms with Gasteiger partial charge in [0.25, 0.3) is 0 Å². The summed E-state index contributed by atoms with van der Waals surface area (Å²) in [6.45, 7) is 3.20. The van der Waals surface area contributed by atoms with Crippen LogP contribution in [-0.4, -0.2) is 30.1 Å². The average molecular weight is 301 g/mol. The van der Waals surface area contributed by atoms with Crippen LogP contribution in [0.4, 0.5) is 0 Å². The third kappa shape index (κ3) is 3.36. The van der Waals surface area contributed by atoms with E-state index in [1.165, 1.54) is 6.92 Å². The molecule has 22 heavy (non-hydrogen) atoms. The minimum atomic E-state index is -1.05. The fourth-order valence-electron chi connectivity index (χ4n) is 2.19. The van der Waals surface area contributed by atoms with Gasteiger partial charge in [-0.3, -0.25) is 9.59 Å². The van der Waals surface area contributed by atoms with Crippen LogP contribution in [0.1, 0.15) is 25.3 Å². The van der Waals surface area contributed by atoms with Gasteiger partial charge in [-0.05, 0) is 42.3 Å². The molecule has 5 heteroatoms. The Morgan fingerprint density at radius 3 is 2.36 bits per heavy atom. The molecule has 2 atom stereocenters. The number of hydrogen-bond donors (Lipinski definition) is 2. The topological polar surface area (TPSA) is 75.6 Å². The molecule has 0 bridgehead atoms. The normalized spacial score (nSPS) is 13.4. The summed E-state index contributed by atoms with van der Waals surface area (Å²) in [5.74, 6) is -0.997. The van der Waals surface area contributed by atoms with E-state index in [2.05, 4.69) is 5.32 Å². The van der Waals surface area contributed by atoms with Gasteiger partial charge in [0.1, 0.15) is 11.8 Å². The minimum absolute atomic E-state index is 0.303. The van der Waals surface area contributed by atoms with Gasteiger partial charge in [-0.1, -0.05) is 24.3 Å². The van der Waals surface area contributed by atoms with Gasteiger partial charge in [0.2, 0.25) is 5.91 Å². The Hall–Kier alpha value is -2.56. The van der Waals surface area contributed by atoms with Crippen molar-refractivity contribution in [3.05, 3.63) is 42.0 Å². The molecule has 0 spiro atoms. The fourth-order valence-corrected chi connectivity index (χ4v) is 2.19. The van der Waals surface area contributed by atoms with Crippen molar-refractivity contribution in [3.63, 3.8) is 0 Å². The summed E-state index contributed by atoms with van der Waals surface area (Å²) in [5.41, 5.74) is 0.841. The largest absolute Gasteiger partial charge is 0.497 e. The molecule has 1 unspecified atom stereocenters. The number of carbonyl (C=O) groups excluding carboxylic acids is 1. The quantitative estimate of drug-likeness (QED) is 0.890. The number of carboxylic acid groups (broad SMARTS) is 1. The fraction of sp³-hybridized carbons (Fsp3) is 0.294. The van der Waals surface area contributed by atoms with Crippen molar-refractivity contribution in [2.45, 2.75) is 25.8 Å². The van der Waals surface area contributed by atoms with Gasteiger partial charge in [0.05, 0.1) is 13.0 Å². The van der Waals surface area contributed by atoms with Crippen molar-refractivity contribution in [1.82, 2.24) is 5.32 Å². The van der Waals surface area contributed by atoms with E-state index < -0.39 is 17.9 Å². The first kappa shape index (κ1) is 15.8. The van der Waals surface area contributed by atoms with Gasteiger partial charge < -0.3 is 15.2 Å². The number of nitrogens with one attached hydrogen (secondary N) is 1. The third-order valence-electron chi connectivity index (χ3n) is 3.69. The van der Waals surface area contributed by atoms with E-state index >= 15 is 0 Å². The molecule has 2 rings (SSSR count). The maximum Gasteiger partial charge on any atom is 0.325 e. The molecule has 0 aromatic heterocycles. The van der Waals surface area contributed by atoms with Crippen LogP contribution < -0.4 is 10.1 Å². The van der Waals surface area contributed by atoms with Crippen LogP contribution in [0.2, 0.25) is 0 Å². The van der Waals surface area contributed by atoms with Crippen molar-refractivity contribution in [3.8, 4) is 5.75 Å². The molecule has 5 nitrogen and oxygen atoms in total. The lowest BCUT2D eigenvalue weighted by atomic mass is 9.96. The van der Waals surface area contributed by atoms with E-state index in [9.17, 15) is 9.59 Å². The highest BCUT2D eigenvalue weighted by Crippen LogP contribution is 2.25. The van der Waals surface area contributed by atoms with Crippen LogP contribution in [-0.2, 0) is 9.59 Å². The highest BCUT2D eigenvalue weighted by atomic mass is 16.5. The monoisotopic (exact) mass is 301 g/mol. The van der Waals surface area contributed by atoms with Gasteiger partial charge >= 0.3 is 5.97 Å². The second kappa shape index (κ2) is 6.47. The molecule has 1 amide bonds. The summed E-state index contributed by atoms with van der Waals surface area (Å²) < 4.78 is 5.18. The molecule has 0 saturated carbocycles. The minimum Gasteiger partial charge on any atom is -0.497 e. The summed E-state index contributed by atoms with van der Waals surface area (Å²) in [7, 11) is 1.62. The molecule has 0 radical (unpaired) electrons. The van der Waals surface area contributed by atoms with Crippen molar-refractivity contribution in [2.75, 3.05) is 7.11 Å². The van der Waals surface area contributed by atoms with Gasteiger partial charge in [0, 0.05) is 0 Å². The zero-order valence-electron chi connectivity index (χ0n) is 12.8. The van der Waals surface area contributed by atoms with Crippen LogP contribution in [0.15, 0.2) is 36.4 Å². The van der Waals surface area contributed by atoms with Crippen LogP contribution in [0, 0.1) is 0 Å². The van der Waals surface area contributed by atoms with E-state index in [-0.39, 0.29) is 5.91 Å². The number of aliphatic carboxylic acids is 1. The Morgan fingerprint density at radius 1 is 1.09 bits per heavy atom. The molecule has 2 aromatic carbocycles. The molecule has 2 aromatic rings. The van der Waals surface area contributed by atoms with Crippen LogP contribution in [0.5, 0.6) is 5.75 Å². The summed E-state index contributed by atoms with van der Waals surface area (Å²) in [6.07, 6.45) is 0. The first-order chi connectivity index (χ1) is 10.4. The number of benzene rings is 2. The number of fused-ring (bicyclic) bond motifs is 1. The summed E-state index contributed by atoms with van der Waals surface area (Å²) in [6, 6.07) is 10.6. The lowest BCUT2D eigenvalue weighted by molar-refractivity contribution is -0.141. The van der Waals surface area contributed by atoms with Crippen molar-refractivity contribution in [2.24, 2.45) is 0 Å². The highest BCUT2D eigenvalue weighted by Gasteiger charge is 2.20. The first-order valence-corrected chi connectivity index (χ1v) is 7.03. The van der Waals surface area contributed by atoms with Crippen LogP contribution in [0.25, 0.3) is 10.8 Å². The van der Waals surface area contributed by atoms with E-state index in [1.54, 1.807) is 14.0 Å². The lowest BCUT2D eigenvalue weighted by Gasteiger charge is -2.15. The molecule has 0 aliphatic heterocycles. The SMILES string of the molecule is COc1ccc2cc([C@H](C)C(=O)NC(C)C(=O)O)ccc2c1. The molecule has 116 valence electrons. The number of carboxylic acids is 1. The summed E-state index contributed by atoms with van der Waals surface area (Å²) in [4.78, 5) is 22.9. The number of ether oxygens (including phenoxy) is 1. The molecule has 0 saturated heterocycles. The Kier molecular flexibility index (Phi) is 4.65. The van der Waals surface area contributed by atoms with E-state index in [0.717, 1.165) is 22.1 Å². The van der Waals surface area contributed by atoms with Gasteiger partial charge in [-0.15, -0.1) is 0 Å². The van der Waals surface area contributed by atoms with Crippen LogP contribution >= 0.6 is 0 Å². The molecule has 0 heterocycles. The second-order valence-electron chi connectivity index (χ2n) is 5.26. The summed E-state index contributed by atoms with van der Waals surface area (Å²) >= 11 is 0. The molecule has 0 fully saturated rings. The van der Waals surface area contributed by atoms with Crippen molar-refractivity contribution in [1.29, 1.82) is 0 Å². The van der Waals surface area contributed by atoms with Crippen molar-refractivity contribution < 1.29 is 19.4 Å². The van der Waals surface area contributed by atoms with Crippen LogP contribution in [0.3, 0.4) is 0 Å². The number of amides is 1. The van der Waals surface area contributed by atoms with Gasteiger partial charge in [-0.2, -0.15) is 0 Å². The number of methoxy groups -OCH3 is 1. The van der Waals surface area contributed by atoms with Gasteiger partial charge in [-0.25, -0.2) is 0 Å². The standard InChI is InChI=1S/C17H19NO4/c1-10(16(19)18-11(2)17(20)21)12-4-5-14-9-15(22-3)7-6-13(14)8-12/h4-11H,1-3H3,(H,18,19)(H,20,21)/t10-,11?/m0/s1. The van der Waals surface area contributed by atoms with E-state index in [1.807, 2.05) is 36.4 Å². The van der Waals surface area contributed by atoms with Crippen molar-refractivity contribution >= 4 is 22.6 Å². The zero-order valence-corrected chi connectivity index (χ0v) is 12.8. The molecule has 2 N–H and O–H groups in total. The molecular weight excluding hydrogens is 282 g/mol. The molecular formula is C17H19NO4. The average Bonchev–Trinajstić information content (AvgIpc) is 2.52. The summed E-state index contributed by atoms with van der Waals surface area (Å²) in [5, 5.41) is 13.4. The number of carbonyl (C=O) groups is 2. The Bertz CT molecular complexity index is 711. The number of hydrogen-bond acceptors (Lipinski definition) is 3. The van der Waals surface area contributed by atoms with E-state index in [4.69, 9.17) is 9.84 Å². The van der Waals surface area contributed by atoms with Gasteiger partial charge in [0.15, 0.2) is 0 Å². The predicted octanol–water partition coefficient (Wildman–Crippen LogP) is 2.54. The lowest BCUT2D eigenvalue weighted by Crippen LogP contribution is -2.40. The predicted molar refractivity (Wildman–Crippen MR) is 84.2 cm³/mol. The number of rotatable bonds is 5. The maximum absolute atomic E-state index is 12.1.